The summed E-state index contributed by atoms with van der Waals surface area (Å²) in [4.78, 5) is 15.9. The van der Waals surface area contributed by atoms with Crippen LogP contribution in [0, 0.1) is 0 Å². The largest absolute Gasteiger partial charge is 0.324 e. The monoisotopic (exact) mass is 286 g/mol. The van der Waals surface area contributed by atoms with E-state index in [1.54, 1.807) is 23.9 Å². The zero-order valence-corrected chi connectivity index (χ0v) is 11.4. The third kappa shape index (κ3) is 3.94. The van der Waals surface area contributed by atoms with Gasteiger partial charge in [0.25, 0.3) is 0 Å². The third-order valence-corrected chi connectivity index (χ3v) is 4.61. The van der Waals surface area contributed by atoms with Gasteiger partial charge in [0.1, 0.15) is 4.38 Å². The second-order valence-corrected chi connectivity index (χ2v) is 6.03. The van der Waals surface area contributed by atoms with Crippen LogP contribution in [0.4, 0.5) is 5.69 Å². The van der Waals surface area contributed by atoms with Crippen LogP contribution >= 0.6 is 35.1 Å². The van der Waals surface area contributed by atoms with Crippen molar-refractivity contribution in [2.45, 2.75) is 0 Å². The van der Waals surface area contributed by atoms with Gasteiger partial charge in [-0.2, -0.15) is 0 Å². The first-order valence-corrected chi connectivity index (χ1v) is 7.45. The highest BCUT2D eigenvalue weighted by Crippen LogP contribution is 2.23. The normalized spacial score (nSPS) is 14.5. The summed E-state index contributed by atoms with van der Waals surface area (Å²) >= 11 is 9.12. The zero-order chi connectivity index (χ0) is 12.1. The Morgan fingerprint density at radius 2 is 2.35 bits per heavy atom. The van der Waals surface area contributed by atoms with Crippen LogP contribution in [0.1, 0.15) is 0 Å². The fourth-order valence-corrected chi connectivity index (χ4v) is 3.27. The van der Waals surface area contributed by atoms with Gasteiger partial charge in [-0.15, -0.1) is 0 Å². The molecular formula is C11H11ClN2OS2. The molecule has 90 valence electrons. The molecule has 2 rings (SSSR count). The molecule has 1 aliphatic heterocycles. The minimum Gasteiger partial charge on any atom is -0.324 e. The second-order valence-electron chi connectivity index (χ2n) is 3.31. The molecule has 6 heteroatoms. The number of thioether (sulfide) groups is 2. The molecular weight excluding hydrogens is 276 g/mol. The van der Waals surface area contributed by atoms with Gasteiger partial charge in [-0.1, -0.05) is 47.3 Å². The zero-order valence-electron chi connectivity index (χ0n) is 8.98. The first kappa shape index (κ1) is 12.8. The summed E-state index contributed by atoms with van der Waals surface area (Å²) in [5.41, 5.74) is 0.654. The Morgan fingerprint density at radius 1 is 1.53 bits per heavy atom. The molecule has 0 aromatic heterocycles. The molecule has 1 aromatic rings. The van der Waals surface area contributed by atoms with Gasteiger partial charge >= 0.3 is 0 Å². The average molecular weight is 287 g/mol. The number of nitrogens with zero attached hydrogens (tertiary/aromatic N) is 1. The quantitative estimate of drug-likeness (QED) is 0.928. The number of rotatable bonds is 3. The summed E-state index contributed by atoms with van der Waals surface area (Å²) in [6, 6.07) is 7.20. The van der Waals surface area contributed by atoms with Gasteiger partial charge in [-0.05, 0) is 12.1 Å². The van der Waals surface area contributed by atoms with Crippen LogP contribution in [0.5, 0.6) is 0 Å². The minimum atomic E-state index is -0.0571. The van der Waals surface area contributed by atoms with Crippen LogP contribution in [0.25, 0.3) is 0 Å². The van der Waals surface area contributed by atoms with Crippen molar-refractivity contribution in [2.75, 3.05) is 23.4 Å². The predicted molar refractivity (Wildman–Crippen MR) is 77.3 cm³/mol. The third-order valence-electron chi connectivity index (χ3n) is 2.03. The molecule has 0 bridgehead atoms. The fourth-order valence-electron chi connectivity index (χ4n) is 1.28. The van der Waals surface area contributed by atoms with Crippen LogP contribution in [-0.4, -0.2) is 28.3 Å². The van der Waals surface area contributed by atoms with Crippen molar-refractivity contribution in [3.63, 3.8) is 0 Å². The first-order valence-electron chi connectivity index (χ1n) is 5.10. The molecule has 1 heterocycles. The number of carbonyl (C=O) groups excluding carboxylic acids is 1. The van der Waals surface area contributed by atoms with E-state index in [0.29, 0.717) is 16.5 Å². The van der Waals surface area contributed by atoms with E-state index in [4.69, 9.17) is 11.6 Å². The van der Waals surface area contributed by atoms with E-state index >= 15 is 0 Å². The van der Waals surface area contributed by atoms with Gasteiger partial charge in [0.15, 0.2) is 0 Å². The highest BCUT2D eigenvalue weighted by atomic mass is 35.5. The summed E-state index contributed by atoms with van der Waals surface area (Å²) in [7, 11) is 0. The lowest BCUT2D eigenvalue weighted by molar-refractivity contribution is -0.113. The number of para-hydroxylation sites is 1. The number of hydrogen-bond donors (Lipinski definition) is 1. The smallest absolute Gasteiger partial charge is 0.234 e. The molecule has 1 amide bonds. The molecule has 0 spiro atoms. The molecule has 0 saturated heterocycles. The number of hydrogen-bond acceptors (Lipinski definition) is 4. The van der Waals surface area contributed by atoms with Crippen molar-refractivity contribution in [1.82, 2.24) is 0 Å². The SMILES string of the molecule is O=C(CSC1=NCCS1)Nc1ccccc1Cl. The number of carbonyl (C=O) groups is 1. The Balaban J connectivity index is 1.83. The molecule has 0 saturated carbocycles. The van der Waals surface area contributed by atoms with Crippen LogP contribution in [0.2, 0.25) is 5.02 Å². The predicted octanol–water partition coefficient (Wildman–Crippen LogP) is 3.11. The molecule has 1 N–H and O–H groups in total. The highest BCUT2D eigenvalue weighted by Gasteiger charge is 2.11. The number of aliphatic imine (C=N–C) groups is 1. The van der Waals surface area contributed by atoms with E-state index < -0.39 is 0 Å². The topological polar surface area (TPSA) is 41.5 Å². The molecule has 1 aromatic carbocycles. The maximum absolute atomic E-state index is 11.7. The average Bonchev–Trinajstić information content (AvgIpc) is 2.82. The minimum absolute atomic E-state index is 0.0571. The summed E-state index contributed by atoms with van der Waals surface area (Å²) in [6.07, 6.45) is 0. The Bertz CT molecular complexity index is 451. The van der Waals surface area contributed by atoms with Crippen molar-refractivity contribution in [3.8, 4) is 0 Å². The lowest BCUT2D eigenvalue weighted by Gasteiger charge is -2.06. The van der Waals surface area contributed by atoms with E-state index in [1.807, 2.05) is 12.1 Å². The van der Waals surface area contributed by atoms with E-state index in [-0.39, 0.29) is 5.91 Å². The molecule has 0 radical (unpaired) electrons. The van der Waals surface area contributed by atoms with Gasteiger partial charge in [-0.25, -0.2) is 0 Å². The van der Waals surface area contributed by atoms with Crippen molar-refractivity contribution in [2.24, 2.45) is 4.99 Å². The fraction of sp³-hybridized carbons (Fsp3) is 0.273. The van der Waals surface area contributed by atoms with Gasteiger partial charge in [-0.3, -0.25) is 9.79 Å². The van der Waals surface area contributed by atoms with Crippen LogP contribution in [0.15, 0.2) is 29.3 Å². The van der Waals surface area contributed by atoms with Crippen LogP contribution < -0.4 is 5.32 Å². The van der Waals surface area contributed by atoms with Gasteiger partial charge in [0.2, 0.25) is 5.91 Å². The lowest BCUT2D eigenvalue weighted by Crippen LogP contribution is -2.14. The summed E-state index contributed by atoms with van der Waals surface area (Å²) in [5.74, 6) is 1.34. The molecule has 0 aliphatic carbocycles. The van der Waals surface area contributed by atoms with Crippen molar-refractivity contribution < 1.29 is 4.79 Å². The lowest BCUT2D eigenvalue weighted by atomic mass is 10.3. The summed E-state index contributed by atoms with van der Waals surface area (Å²) in [6.45, 7) is 0.860. The van der Waals surface area contributed by atoms with Crippen molar-refractivity contribution in [1.29, 1.82) is 0 Å². The summed E-state index contributed by atoms with van der Waals surface area (Å²) in [5, 5.41) is 3.33. The maximum atomic E-state index is 11.7. The molecule has 17 heavy (non-hydrogen) atoms. The number of amides is 1. The Kier molecular flexibility index (Phi) is 4.76. The van der Waals surface area contributed by atoms with E-state index in [0.717, 1.165) is 16.7 Å². The molecule has 0 fully saturated rings. The molecule has 3 nitrogen and oxygen atoms in total. The Morgan fingerprint density at radius 3 is 3.06 bits per heavy atom. The first-order chi connectivity index (χ1) is 8.25. The van der Waals surface area contributed by atoms with E-state index in [1.165, 1.54) is 11.8 Å². The van der Waals surface area contributed by atoms with E-state index in [9.17, 15) is 4.79 Å². The molecule has 0 atom stereocenters. The number of benzene rings is 1. The van der Waals surface area contributed by atoms with Gasteiger partial charge in [0.05, 0.1) is 23.0 Å². The Hall–Kier alpha value is -0.650. The van der Waals surface area contributed by atoms with E-state index in [2.05, 4.69) is 10.3 Å². The van der Waals surface area contributed by atoms with Crippen molar-refractivity contribution >= 4 is 51.1 Å². The second kappa shape index (κ2) is 6.33. The summed E-state index contributed by atoms with van der Waals surface area (Å²) < 4.78 is 0.999. The molecule has 1 aliphatic rings. The van der Waals surface area contributed by atoms with Crippen LogP contribution in [-0.2, 0) is 4.79 Å². The molecule has 0 unspecified atom stereocenters. The maximum Gasteiger partial charge on any atom is 0.234 e. The number of anilines is 1. The Labute approximate surface area is 113 Å². The highest BCUT2D eigenvalue weighted by molar-refractivity contribution is 8.39. The number of halogens is 1. The van der Waals surface area contributed by atoms with Gasteiger partial charge < -0.3 is 5.32 Å². The van der Waals surface area contributed by atoms with Gasteiger partial charge in [0, 0.05) is 5.75 Å². The van der Waals surface area contributed by atoms with Crippen molar-refractivity contribution in [3.05, 3.63) is 29.3 Å². The number of nitrogens with one attached hydrogen (secondary N) is 1. The standard InChI is InChI=1S/C11H11ClN2OS2/c12-8-3-1-2-4-9(8)14-10(15)7-17-11-13-5-6-16-11/h1-4H,5-7H2,(H,14,15). The van der Waals surface area contributed by atoms with Crippen LogP contribution in [0.3, 0.4) is 0 Å².